The fourth-order valence-corrected chi connectivity index (χ4v) is 2.75. The van der Waals surface area contributed by atoms with Crippen molar-refractivity contribution in [2.75, 3.05) is 14.2 Å². The number of carbonyl (C=O) groups excluding carboxylic acids is 1. The van der Waals surface area contributed by atoms with E-state index in [0.717, 1.165) is 18.4 Å². The monoisotopic (exact) mass is 307 g/mol. The molecule has 1 aliphatic carbocycles. The van der Waals surface area contributed by atoms with Crippen LogP contribution in [0.1, 0.15) is 34.7 Å². The van der Waals surface area contributed by atoms with Crippen molar-refractivity contribution in [3.63, 3.8) is 0 Å². The van der Waals surface area contributed by atoms with Crippen LogP contribution >= 0.6 is 11.6 Å². The minimum absolute atomic E-state index is 0.0290. The fraction of sp³-hybridized carbons (Fsp3) is 0.333. The third-order valence-electron chi connectivity index (χ3n) is 3.69. The first-order valence-corrected chi connectivity index (χ1v) is 6.96. The normalized spacial score (nSPS) is 14.2. The van der Waals surface area contributed by atoms with E-state index in [2.05, 4.69) is 0 Å². The molecule has 2 aromatic heterocycles. The molecule has 0 aliphatic heterocycles. The molecular weight excluding hydrogens is 294 g/mol. The van der Waals surface area contributed by atoms with Gasteiger partial charge in [-0.15, -0.1) is 0 Å². The fourth-order valence-electron chi connectivity index (χ4n) is 2.52. The van der Waals surface area contributed by atoms with Crippen LogP contribution in [-0.4, -0.2) is 24.6 Å². The Hall–Kier alpha value is -2.01. The van der Waals surface area contributed by atoms with E-state index in [9.17, 15) is 9.59 Å². The maximum absolute atomic E-state index is 12.5. The predicted octanol–water partition coefficient (Wildman–Crippen LogP) is 2.63. The lowest BCUT2D eigenvalue weighted by Crippen LogP contribution is -2.24. The molecule has 5 nitrogen and oxygen atoms in total. The van der Waals surface area contributed by atoms with E-state index < -0.39 is 11.5 Å². The lowest BCUT2D eigenvalue weighted by Gasteiger charge is -2.14. The van der Waals surface area contributed by atoms with Gasteiger partial charge in [-0.05, 0) is 36.5 Å². The Labute approximate surface area is 126 Å². The van der Waals surface area contributed by atoms with Gasteiger partial charge in [-0.2, -0.15) is 0 Å². The Morgan fingerprint density at radius 1 is 1.38 bits per heavy atom. The molecule has 0 N–H and O–H groups in total. The molecule has 0 spiro atoms. The third-order valence-corrected chi connectivity index (χ3v) is 3.99. The van der Waals surface area contributed by atoms with Gasteiger partial charge in [-0.1, -0.05) is 11.6 Å². The lowest BCUT2D eigenvalue weighted by molar-refractivity contribution is 0.0598. The summed E-state index contributed by atoms with van der Waals surface area (Å²) in [5.41, 5.74) is 1.12. The molecule has 1 saturated carbocycles. The van der Waals surface area contributed by atoms with Gasteiger partial charge in [-0.3, -0.25) is 9.20 Å². The molecule has 2 heterocycles. The summed E-state index contributed by atoms with van der Waals surface area (Å²) in [7, 11) is 2.77. The molecule has 21 heavy (non-hydrogen) atoms. The van der Waals surface area contributed by atoms with Crippen LogP contribution < -0.4 is 10.3 Å². The van der Waals surface area contributed by atoms with E-state index in [0.29, 0.717) is 22.2 Å². The summed E-state index contributed by atoms with van der Waals surface area (Å²) in [6, 6.07) is 3.19. The van der Waals surface area contributed by atoms with E-state index in [-0.39, 0.29) is 5.56 Å². The summed E-state index contributed by atoms with van der Waals surface area (Å²) in [6.45, 7) is 0. The minimum atomic E-state index is -0.634. The zero-order valence-corrected chi connectivity index (χ0v) is 12.4. The van der Waals surface area contributed by atoms with E-state index in [1.807, 2.05) is 0 Å². The summed E-state index contributed by atoms with van der Waals surface area (Å²) in [5.74, 6) is 0.135. The summed E-state index contributed by atoms with van der Waals surface area (Å²) in [6.07, 6.45) is 3.59. The Morgan fingerprint density at radius 3 is 2.67 bits per heavy atom. The van der Waals surface area contributed by atoms with Crippen LogP contribution in [-0.2, 0) is 4.74 Å². The second-order valence-corrected chi connectivity index (χ2v) is 5.41. The van der Waals surface area contributed by atoms with Crippen LogP contribution in [0.25, 0.3) is 5.52 Å². The molecule has 6 heteroatoms. The van der Waals surface area contributed by atoms with E-state index >= 15 is 0 Å². The van der Waals surface area contributed by atoms with Crippen molar-refractivity contribution in [1.29, 1.82) is 0 Å². The zero-order valence-electron chi connectivity index (χ0n) is 11.7. The number of hydrogen-bond donors (Lipinski definition) is 0. The van der Waals surface area contributed by atoms with Gasteiger partial charge in [0.05, 0.1) is 24.8 Å². The van der Waals surface area contributed by atoms with Gasteiger partial charge in [0.15, 0.2) is 5.75 Å². The summed E-state index contributed by atoms with van der Waals surface area (Å²) in [4.78, 5) is 24.3. The molecule has 3 rings (SSSR count). The van der Waals surface area contributed by atoms with Crippen molar-refractivity contribution >= 4 is 23.1 Å². The van der Waals surface area contributed by atoms with Crippen LogP contribution in [0.5, 0.6) is 5.75 Å². The number of halogens is 1. The Kier molecular flexibility index (Phi) is 3.37. The highest BCUT2D eigenvalue weighted by Crippen LogP contribution is 2.44. The van der Waals surface area contributed by atoms with E-state index in [1.165, 1.54) is 18.6 Å². The number of ether oxygens (including phenoxy) is 2. The maximum Gasteiger partial charge on any atom is 0.343 e. The molecule has 0 unspecified atom stereocenters. The van der Waals surface area contributed by atoms with Crippen molar-refractivity contribution in [2.45, 2.75) is 18.8 Å². The first-order chi connectivity index (χ1) is 10.1. The van der Waals surface area contributed by atoms with Crippen molar-refractivity contribution in [3.8, 4) is 5.75 Å². The average molecular weight is 308 g/mol. The van der Waals surface area contributed by atoms with Gasteiger partial charge in [0.25, 0.3) is 5.56 Å². The molecule has 0 aromatic carbocycles. The van der Waals surface area contributed by atoms with Crippen molar-refractivity contribution < 1.29 is 14.3 Å². The molecular formula is C15H14ClNO4. The number of aromatic nitrogens is 1. The summed E-state index contributed by atoms with van der Waals surface area (Å²) < 4.78 is 11.4. The molecule has 0 atom stereocenters. The first kappa shape index (κ1) is 13.9. The second-order valence-electron chi connectivity index (χ2n) is 5.00. The minimum Gasteiger partial charge on any atom is -0.493 e. The summed E-state index contributed by atoms with van der Waals surface area (Å²) in [5, 5.41) is 0.435. The lowest BCUT2D eigenvalue weighted by atomic mass is 10.1. The standard InChI is InChI=1S/C15H14ClNO4/c1-20-13-11(16)5-6-17-12(13)9(8-3-4-8)7-10(14(17)18)15(19)21-2/h5-8H,3-4H2,1-2H3. The Bertz CT molecular complexity index is 792. The topological polar surface area (TPSA) is 57.0 Å². The van der Waals surface area contributed by atoms with E-state index in [4.69, 9.17) is 21.1 Å². The van der Waals surface area contributed by atoms with Crippen LogP contribution in [0, 0.1) is 0 Å². The molecule has 0 saturated heterocycles. The number of fused-ring (bicyclic) bond motifs is 1. The molecule has 1 fully saturated rings. The van der Waals surface area contributed by atoms with Gasteiger partial charge in [0.1, 0.15) is 5.56 Å². The van der Waals surface area contributed by atoms with Crippen molar-refractivity contribution in [3.05, 3.63) is 44.8 Å². The Morgan fingerprint density at radius 2 is 2.10 bits per heavy atom. The molecule has 0 radical (unpaired) electrons. The Balaban J connectivity index is 2.43. The smallest absolute Gasteiger partial charge is 0.343 e. The molecule has 0 amide bonds. The van der Waals surface area contributed by atoms with Crippen LogP contribution in [0.3, 0.4) is 0 Å². The predicted molar refractivity (Wildman–Crippen MR) is 78.5 cm³/mol. The SMILES string of the molecule is COC(=O)c1cc(C2CC2)c2c(OC)c(Cl)ccn2c1=O. The van der Waals surface area contributed by atoms with Gasteiger partial charge in [-0.25, -0.2) is 4.79 Å². The molecule has 110 valence electrons. The number of nitrogens with zero attached hydrogens (tertiary/aromatic N) is 1. The highest BCUT2D eigenvalue weighted by atomic mass is 35.5. The number of pyridine rings is 2. The van der Waals surface area contributed by atoms with Crippen molar-refractivity contribution in [1.82, 2.24) is 4.40 Å². The van der Waals surface area contributed by atoms with Crippen molar-refractivity contribution in [2.24, 2.45) is 0 Å². The molecule has 2 aromatic rings. The highest BCUT2D eigenvalue weighted by molar-refractivity contribution is 6.32. The first-order valence-electron chi connectivity index (χ1n) is 6.58. The average Bonchev–Trinajstić information content (AvgIpc) is 3.31. The largest absolute Gasteiger partial charge is 0.493 e. The van der Waals surface area contributed by atoms with Gasteiger partial charge in [0, 0.05) is 6.20 Å². The van der Waals surface area contributed by atoms with Gasteiger partial charge in [0.2, 0.25) is 0 Å². The number of carbonyl (C=O) groups is 1. The quantitative estimate of drug-likeness (QED) is 0.818. The molecule has 0 bridgehead atoms. The number of rotatable bonds is 3. The van der Waals surface area contributed by atoms with Crippen LogP contribution in [0.2, 0.25) is 5.02 Å². The van der Waals surface area contributed by atoms with Crippen LogP contribution in [0.15, 0.2) is 23.1 Å². The number of esters is 1. The summed E-state index contributed by atoms with van der Waals surface area (Å²) >= 11 is 6.15. The maximum atomic E-state index is 12.5. The van der Waals surface area contributed by atoms with Crippen LogP contribution in [0.4, 0.5) is 0 Å². The number of methoxy groups -OCH3 is 2. The zero-order chi connectivity index (χ0) is 15.1. The highest BCUT2D eigenvalue weighted by Gasteiger charge is 2.30. The second kappa shape index (κ2) is 5.07. The van der Waals surface area contributed by atoms with Gasteiger partial charge < -0.3 is 9.47 Å². The van der Waals surface area contributed by atoms with E-state index in [1.54, 1.807) is 18.3 Å². The third kappa shape index (κ3) is 2.17. The van der Waals surface area contributed by atoms with Gasteiger partial charge >= 0.3 is 5.97 Å². The molecule has 1 aliphatic rings. The number of hydrogen-bond acceptors (Lipinski definition) is 4.